The van der Waals surface area contributed by atoms with Crippen LogP contribution in [0.25, 0.3) is 0 Å². The Labute approximate surface area is 279 Å². The average Bonchev–Trinajstić information content (AvgIpc) is 3.64. The summed E-state index contributed by atoms with van der Waals surface area (Å²) in [6.07, 6.45) is 13.4. The number of nitrogen functional groups attached to an aromatic ring is 1. The molecule has 3 N–H and O–H groups in total. The number of hydrogen-bond donors (Lipinski definition) is 2. The summed E-state index contributed by atoms with van der Waals surface area (Å²) < 4.78 is 15.4. The van der Waals surface area contributed by atoms with Gasteiger partial charge in [0.25, 0.3) is 5.91 Å². The number of anilines is 1. The second-order valence-electron chi connectivity index (χ2n) is 11.3. The van der Waals surface area contributed by atoms with Gasteiger partial charge in [0.05, 0.1) is 38.2 Å². The molecule has 0 aliphatic carbocycles. The molecule has 2 heterocycles. The fraction of sp³-hybridized carbons (Fsp3) is 0.486. The topological polar surface area (TPSA) is 122 Å². The molecule has 4 aromatic rings. The fourth-order valence-corrected chi connectivity index (χ4v) is 5.33. The minimum Gasteiger partial charge on any atom is -0.490 e. The van der Waals surface area contributed by atoms with Crippen LogP contribution in [0.3, 0.4) is 0 Å². The van der Waals surface area contributed by atoms with Crippen LogP contribution in [-0.2, 0) is 32.4 Å². The molecule has 0 saturated heterocycles. The van der Waals surface area contributed by atoms with Gasteiger partial charge in [-0.25, -0.2) is 4.98 Å². The summed E-state index contributed by atoms with van der Waals surface area (Å²) >= 11 is 0. The summed E-state index contributed by atoms with van der Waals surface area (Å²) in [7, 11) is 0. The summed E-state index contributed by atoms with van der Waals surface area (Å²) in [6, 6.07) is 14.0. The number of ether oxygens (including phenoxy) is 2. The predicted molar refractivity (Wildman–Crippen MR) is 185 cm³/mol. The van der Waals surface area contributed by atoms with Crippen molar-refractivity contribution in [1.82, 2.24) is 29.9 Å². The summed E-state index contributed by atoms with van der Waals surface area (Å²) in [5, 5.41) is 11.5. The molecule has 0 bridgehead atoms. The van der Waals surface area contributed by atoms with E-state index in [1.54, 1.807) is 4.68 Å². The average molecular weight is 652 g/mol. The van der Waals surface area contributed by atoms with Gasteiger partial charge in [-0.3, -0.25) is 9.48 Å². The number of nitrogens with zero attached hydrogens (tertiary/aromatic N) is 5. The molecule has 0 aliphatic rings. The molecule has 0 saturated carbocycles. The van der Waals surface area contributed by atoms with E-state index in [1.165, 1.54) is 24.8 Å². The summed E-state index contributed by atoms with van der Waals surface area (Å²) in [4.78, 5) is 16.9. The maximum Gasteiger partial charge on any atom is 0.251 e. The van der Waals surface area contributed by atoms with Crippen LogP contribution in [0, 0.1) is 0 Å². The molecule has 2 aromatic carbocycles. The standard InChI is InChI=1S/C35H49N7O3.ClH/c1-4-7-9-12-27-15-18-29(19-16-27)34(43)37-21-22-41-26-30(39-40-41)13-10-8-11-14-31-24-38-35(36)42(31)25-28-17-20-32(44-5-2)33(23-28)45-6-3;/h15-20,23-24,26H,4-14,21-22,25H2,1-3H3,(H2,36,38)(H,37,43);1H. The maximum atomic E-state index is 12.5. The molecular weight excluding hydrogens is 602 g/mol. The van der Waals surface area contributed by atoms with Crippen LogP contribution in [0.1, 0.15) is 92.2 Å². The monoisotopic (exact) mass is 651 g/mol. The summed E-state index contributed by atoms with van der Waals surface area (Å²) in [5.74, 6) is 1.95. The Bertz CT molecular complexity index is 1470. The number of rotatable bonds is 20. The van der Waals surface area contributed by atoms with E-state index in [4.69, 9.17) is 15.2 Å². The molecule has 0 fully saturated rings. The smallest absolute Gasteiger partial charge is 0.251 e. The summed E-state index contributed by atoms with van der Waals surface area (Å²) in [6.45, 7) is 9.01. The number of carbonyl (C=O) groups excluding carboxylic acids is 1. The zero-order chi connectivity index (χ0) is 31.9. The molecule has 0 aliphatic heterocycles. The Morgan fingerprint density at radius 2 is 1.59 bits per heavy atom. The lowest BCUT2D eigenvalue weighted by molar-refractivity contribution is 0.0952. The van der Waals surface area contributed by atoms with Gasteiger partial charge in [-0.05, 0) is 87.8 Å². The van der Waals surface area contributed by atoms with Crippen LogP contribution in [0.2, 0.25) is 0 Å². The van der Waals surface area contributed by atoms with E-state index in [0.29, 0.717) is 44.4 Å². The van der Waals surface area contributed by atoms with Crippen molar-refractivity contribution in [3.63, 3.8) is 0 Å². The number of amides is 1. The van der Waals surface area contributed by atoms with Crippen molar-refractivity contribution in [2.24, 2.45) is 0 Å². The van der Waals surface area contributed by atoms with E-state index in [0.717, 1.165) is 67.0 Å². The fourth-order valence-electron chi connectivity index (χ4n) is 5.33. The van der Waals surface area contributed by atoms with Crippen LogP contribution in [0.15, 0.2) is 54.9 Å². The van der Waals surface area contributed by atoms with E-state index in [2.05, 4.69) is 44.2 Å². The van der Waals surface area contributed by atoms with Gasteiger partial charge in [-0.1, -0.05) is 49.6 Å². The Morgan fingerprint density at radius 1 is 0.870 bits per heavy atom. The molecule has 2 aromatic heterocycles. The van der Waals surface area contributed by atoms with Crippen molar-refractivity contribution in [2.75, 3.05) is 25.5 Å². The molecule has 0 spiro atoms. The number of imidazole rings is 1. The van der Waals surface area contributed by atoms with Crippen molar-refractivity contribution in [3.05, 3.63) is 82.9 Å². The molecule has 0 unspecified atom stereocenters. The number of nitrogens with one attached hydrogen (secondary N) is 1. The lowest BCUT2D eigenvalue weighted by Gasteiger charge is -2.14. The van der Waals surface area contributed by atoms with Gasteiger partial charge in [0, 0.05) is 24.0 Å². The highest BCUT2D eigenvalue weighted by molar-refractivity contribution is 5.94. The first-order chi connectivity index (χ1) is 22.0. The van der Waals surface area contributed by atoms with Gasteiger partial charge in [0.15, 0.2) is 11.5 Å². The maximum absolute atomic E-state index is 12.5. The second-order valence-corrected chi connectivity index (χ2v) is 11.3. The van der Waals surface area contributed by atoms with Gasteiger partial charge in [-0.15, -0.1) is 17.5 Å². The molecule has 0 radical (unpaired) electrons. The van der Waals surface area contributed by atoms with Crippen molar-refractivity contribution in [3.8, 4) is 11.5 Å². The van der Waals surface area contributed by atoms with Gasteiger partial charge < -0.3 is 25.1 Å². The van der Waals surface area contributed by atoms with Crippen LogP contribution < -0.4 is 20.5 Å². The van der Waals surface area contributed by atoms with Crippen molar-refractivity contribution in [1.29, 1.82) is 0 Å². The number of benzene rings is 2. The normalized spacial score (nSPS) is 10.8. The SMILES string of the molecule is CCCCCc1ccc(C(=O)NCCn2cc(CCCCCc3cnc(N)n3Cc3ccc(OCC)c(OCC)c3)nn2)cc1.Cl. The molecule has 0 atom stereocenters. The van der Waals surface area contributed by atoms with E-state index in [9.17, 15) is 4.79 Å². The summed E-state index contributed by atoms with van der Waals surface area (Å²) in [5.41, 5.74) is 11.4. The second kappa shape index (κ2) is 19.5. The van der Waals surface area contributed by atoms with E-state index in [-0.39, 0.29) is 18.3 Å². The Kier molecular flexibility index (Phi) is 15.4. The largest absolute Gasteiger partial charge is 0.490 e. The van der Waals surface area contributed by atoms with Gasteiger partial charge >= 0.3 is 0 Å². The Morgan fingerprint density at radius 3 is 2.35 bits per heavy atom. The number of halogens is 1. The molecular formula is C35H50ClN7O3. The van der Waals surface area contributed by atoms with Crippen LogP contribution >= 0.6 is 12.4 Å². The lowest BCUT2D eigenvalue weighted by Crippen LogP contribution is -2.27. The first kappa shape index (κ1) is 36.4. The molecule has 10 nitrogen and oxygen atoms in total. The van der Waals surface area contributed by atoms with Gasteiger partial charge in [-0.2, -0.15) is 0 Å². The third-order valence-electron chi connectivity index (χ3n) is 7.78. The number of hydrogen-bond acceptors (Lipinski definition) is 7. The highest BCUT2D eigenvalue weighted by Crippen LogP contribution is 2.29. The third-order valence-corrected chi connectivity index (χ3v) is 7.78. The highest BCUT2D eigenvalue weighted by Gasteiger charge is 2.12. The third kappa shape index (κ3) is 11.1. The number of nitrogens with two attached hydrogens (primary N) is 1. The van der Waals surface area contributed by atoms with E-state index in [1.807, 2.05) is 56.6 Å². The highest BCUT2D eigenvalue weighted by atomic mass is 35.5. The number of aromatic nitrogens is 5. The number of carbonyl (C=O) groups is 1. The molecule has 1 amide bonds. The molecule has 11 heteroatoms. The van der Waals surface area contributed by atoms with E-state index < -0.39 is 0 Å². The minimum absolute atomic E-state index is 0. The first-order valence-corrected chi connectivity index (χ1v) is 16.4. The van der Waals surface area contributed by atoms with Gasteiger partial charge in [0.1, 0.15) is 0 Å². The van der Waals surface area contributed by atoms with Crippen LogP contribution in [0.5, 0.6) is 11.5 Å². The first-order valence-electron chi connectivity index (χ1n) is 16.4. The molecule has 250 valence electrons. The quantitative estimate of drug-likeness (QED) is 0.105. The van der Waals surface area contributed by atoms with Crippen LogP contribution in [0.4, 0.5) is 5.95 Å². The van der Waals surface area contributed by atoms with Crippen LogP contribution in [-0.4, -0.2) is 50.2 Å². The number of unbranched alkanes of at least 4 members (excludes halogenated alkanes) is 4. The van der Waals surface area contributed by atoms with Gasteiger partial charge in [0.2, 0.25) is 5.95 Å². The Hall–Kier alpha value is -4.05. The minimum atomic E-state index is -0.0618. The molecule has 4 rings (SSSR count). The van der Waals surface area contributed by atoms with Crippen molar-refractivity contribution < 1.29 is 14.3 Å². The zero-order valence-electron chi connectivity index (χ0n) is 27.5. The zero-order valence-corrected chi connectivity index (χ0v) is 28.4. The van der Waals surface area contributed by atoms with Crippen molar-refractivity contribution in [2.45, 2.75) is 91.6 Å². The Balaban J connectivity index is 0.00000576. The predicted octanol–water partition coefficient (Wildman–Crippen LogP) is 6.44. The van der Waals surface area contributed by atoms with E-state index >= 15 is 0 Å². The number of aryl methyl sites for hydroxylation is 3. The molecule has 46 heavy (non-hydrogen) atoms. The lowest BCUT2D eigenvalue weighted by atomic mass is 10.1. The van der Waals surface area contributed by atoms with Crippen molar-refractivity contribution >= 4 is 24.3 Å².